The predicted octanol–water partition coefficient (Wildman–Crippen LogP) is 3.43. The molecule has 12 heavy (non-hydrogen) atoms. The monoisotopic (exact) mass is 227 g/mol. The van der Waals surface area contributed by atoms with Crippen LogP contribution < -0.4 is 0 Å². The molecule has 0 bridgehead atoms. The number of nitrogens with zero attached hydrogens (tertiary/aromatic N) is 1. The van der Waals surface area contributed by atoms with Crippen molar-refractivity contribution in [2.24, 2.45) is 5.92 Å². The lowest BCUT2D eigenvalue weighted by Crippen LogP contribution is -1.94. The SMILES string of the molecule is CC(C)CCc1cccc(Br)n1. The van der Waals surface area contributed by atoms with Gasteiger partial charge in [-0.3, -0.25) is 0 Å². The van der Waals surface area contributed by atoms with Gasteiger partial charge in [-0.25, -0.2) is 4.98 Å². The molecule has 66 valence electrons. The molecule has 1 aromatic heterocycles. The molecule has 0 aliphatic heterocycles. The minimum atomic E-state index is 0.755. The standard InChI is InChI=1S/C10H14BrN/c1-8(2)6-7-9-4-3-5-10(11)12-9/h3-5,8H,6-7H2,1-2H3. The van der Waals surface area contributed by atoms with Crippen LogP contribution in [0.1, 0.15) is 26.0 Å². The molecular weight excluding hydrogens is 214 g/mol. The summed E-state index contributed by atoms with van der Waals surface area (Å²) >= 11 is 3.36. The Hall–Kier alpha value is -0.370. The van der Waals surface area contributed by atoms with Gasteiger partial charge in [0.2, 0.25) is 0 Å². The fourth-order valence-electron chi connectivity index (χ4n) is 1.03. The first-order valence-corrected chi connectivity index (χ1v) is 5.09. The fraction of sp³-hybridized carbons (Fsp3) is 0.500. The van der Waals surface area contributed by atoms with Crippen molar-refractivity contribution in [2.75, 3.05) is 0 Å². The Bertz CT molecular complexity index is 245. The zero-order chi connectivity index (χ0) is 8.97. The third-order valence-corrected chi connectivity index (χ3v) is 2.19. The molecule has 0 aliphatic carbocycles. The molecule has 0 atom stereocenters. The van der Waals surface area contributed by atoms with Gasteiger partial charge in [0.05, 0.1) is 0 Å². The van der Waals surface area contributed by atoms with E-state index in [0.717, 1.165) is 16.9 Å². The van der Waals surface area contributed by atoms with E-state index in [4.69, 9.17) is 0 Å². The minimum absolute atomic E-state index is 0.755. The van der Waals surface area contributed by atoms with Crippen LogP contribution >= 0.6 is 15.9 Å². The Labute approximate surface area is 82.3 Å². The van der Waals surface area contributed by atoms with Gasteiger partial charge in [-0.15, -0.1) is 0 Å². The van der Waals surface area contributed by atoms with Crippen LogP contribution in [0.15, 0.2) is 22.8 Å². The summed E-state index contributed by atoms with van der Waals surface area (Å²) < 4.78 is 0.934. The van der Waals surface area contributed by atoms with E-state index < -0.39 is 0 Å². The highest BCUT2D eigenvalue weighted by Crippen LogP contribution is 2.10. The van der Waals surface area contributed by atoms with E-state index in [1.54, 1.807) is 0 Å². The lowest BCUT2D eigenvalue weighted by atomic mass is 10.1. The quantitative estimate of drug-likeness (QED) is 0.722. The van der Waals surface area contributed by atoms with E-state index in [9.17, 15) is 0 Å². The highest BCUT2D eigenvalue weighted by atomic mass is 79.9. The van der Waals surface area contributed by atoms with Crippen molar-refractivity contribution in [3.63, 3.8) is 0 Å². The summed E-state index contributed by atoms with van der Waals surface area (Å²) in [6.45, 7) is 4.47. The van der Waals surface area contributed by atoms with Gasteiger partial charge in [-0.1, -0.05) is 19.9 Å². The van der Waals surface area contributed by atoms with Crippen LogP contribution in [0.3, 0.4) is 0 Å². The molecule has 0 saturated heterocycles. The lowest BCUT2D eigenvalue weighted by molar-refractivity contribution is 0.581. The van der Waals surface area contributed by atoms with Crippen LogP contribution in [0.25, 0.3) is 0 Å². The normalized spacial score (nSPS) is 10.7. The molecule has 0 radical (unpaired) electrons. The highest BCUT2D eigenvalue weighted by molar-refractivity contribution is 9.10. The molecule has 0 aromatic carbocycles. The number of hydrogen-bond donors (Lipinski definition) is 0. The molecular formula is C10H14BrN. The van der Waals surface area contributed by atoms with Gasteiger partial charge in [0.15, 0.2) is 0 Å². The molecule has 0 aliphatic rings. The van der Waals surface area contributed by atoms with Crippen molar-refractivity contribution >= 4 is 15.9 Å². The summed E-state index contributed by atoms with van der Waals surface area (Å²) in [6, 6.07) is 6.07. The molecule has 0 amide bonds. The topological polar surface area (TPSA) is 12.9 Å². The van der Waals surface area contributed by atoms with E-state index in [2.05, 4.69) is 40.8 Å². The molecule has 0 N–H and O–H groups in total. The van der Waals surface area contributed by atoms with Crippen molar-refractivity contribution in [1.29, 1.82) is 0 Å². The molecule has 1 heterocycles. The van der Waals surface area contributed by atoms with E-state index in [-0.39, 0.29) is 0 Å². The van der Waals surface area contributed by atoms with Crippen molar-refractivity contribution in [3.05, 3.63) is 28.5 Å². The molecule has 0 saturated carbocycles. The Morgan fingerprint density at radius 2 is 2.17 bits per heavy atom. The lowest BCUT2D eigenvalue weighted by Gasteiger charge is -2.03. The smallest absolute Gasteiger partial charge is 0.106 e. The summed E-state index contributed by atoms with van der Waals surface area (Å²) in [5.41, 5.74) is 1.18. The Kier molecular flexibility index (Phi) is 3.73. The van der Waals surface area contributed by atoms with Gasteiger partial charge >= 0.3 is 0 Å². The summed E-state index contributed by atoms with van der Waals surface area (Å²) in [6.07, 6.45) is 2.29. The number of hydrogen-bond acceptors (Lipinski definition) is 1. The maximum absolute atomic E-state index is 4.36. The van der Waals surface area contributed by atoms with Gasteiger partial charge in [0.25, 0.3) is 0 Å². The maximum atomic E-state index is 4.36. The molecule has 1 rings (SSSR count). The summed E-state index contributed by atoms with van der Waals surface area (Å²) in [5, 5.41) is 0. The van der Waals surface area contributed by atoms with Crippen LogP contribution in [-0.2, 0) is 6.42 Å². The average Bonchev–Trinajstić information content (AvgIpc) is 2.01. The van der Waals surface area contributed by atoms with Crippen LogP contribution in [0, 0.1) is 5.92 Å². The number of aromatic nitrogens is 1. The summed E-state index contributed by atoms with van der Waals surface area (Å²) in [4.78, 5) is 4.36. The number of halogens is 1. The molecule has 1 aromatic rings. The zero-order valence-electron chi connectivity index (χ0n) is 7.55. The minimum Gasteiger partial charge on any atom is -0.246 e. The van der Waals surface area contributed by atoms with E-state index in [1.165, 1.54) is 12.1 Å². The van der Waals surface area contributed by atoms with Crippen LogP contribution in [0.2, 0.25) is 0 Å². The fourth-order valence-corrected chi connectivity index (χ4v) is 1.41. The zero-order valence-corrected chi connectivity index (χ0v) is 9.13. The van der Waals surface area contributed by atoms with Crippen molar-refractivity contribution in [1.82, 2.24) is 4.98 Å². The van der Waals surface area contributed by atoms with Gasteiger partial charge in [-0.05, 0) is 46.8 Å². The van der Waals surface area contributed by atoms with Gasteiger partial charge in [0, 0.05) is 5.69 Å². The Morgan fingerprint density at radius 1 is 1.42 bits per heavy atom. The molecule has 0 spiro atoms. The van der Waals surface area contributed by atoms with Crippen LogP contribution in [0.5, 0.6) is 0 Å². The Balaban J connectivity index is 2.52. The first kappa shape index (κ1) is 9.72. The largest absolute Gasteiger partial charge is 0.246 e. The van der Waals surface area contributed by atoms with Crippen molar-refractivity contribution in [2.45, 2.75) is 26.7 Å². The number of aryl methyl sites for hydroxylation is 1. The second-order valence-electron chi connectivity index (χ2n) is 3.38. The maximum Gasteiger partial charge on any atom is 0.106 e. The van der Waals surface area contributed by atoms with E-state index >= 15 is 0 Å². The van der Waals surface area contributed by atoms with Crippen LogP contribution in [-0.4, -0.2) is 4.98 Å². The second kappa shape index (κ2) is 4.61. The van der Waals surface area contributed by atoms with Crippen molar-refractivity contribution < 1.29 is 0 Å². The predicted molar refractivity (Wildman–Crippen MR) is 55.1 cm³/mol. The van der Waals surface area contributed by atoms with E-state index in [1.807, 2.05) is 12.1 Å². The molecule has 2 heteroatoms. The Morgan fingerprint density at radius 3 is 2.75 bits per heavy atom. The molecule has 0 fully saturated rings. The summed E-state index contributed by atoms with van der Waals surface area (Å²) in [5.74, 6) is 0.755. The third-order valence-electron chi connectivity index (χ3n) is 1.75. The first-order valence-electron chi connectivity index (χ1n) is 4.30. The third kappa shape index (κ3) is 3.35. The average molecular weight is 228 g/mol. The second-order valence-corrected chi connectivity index (χ2v) is 4.20. The number of pyridine rings is 1. The van der Waals surface area contributed by atoms with Gasteiger partial charge < -0.3 is 0 Å². The highest BCUT2D eigenvalue weighted by Gasteiger charge is 1.97. The first-order chi connectivity index (χ1) is 5.68. The van der Waals surface area contributed by atoms with Gasteiger partial charge in [-0.2, -0.15) is 0 Å². The number of rotatable bonds is 3. The van der Waals surface area contributed by atoms with Crippen LogP contribution in [0.4, 0.5) is 0 Å². The van der Waals surface area contributed by atoms with Crippen molar-refractivity contribution in [3.8, 4) is 0 Å². The molecule has 1 nitrogen and oxygen atoms in total. The van der Waals surface area contributed by atoms with Gasteiger partial charge in [0.1, 0.15) is 4.60 Å². The molecule has 0 unspecified atom stereocenters. The van der Waals surface area contributed by atoms with E-state index in [0.29, 0.717) is 0 Å². The summed E-state index contributed by atoms with van der Waals surface area (Å²) in [7, 11) is 0.